The summed E-state index contributed by atoms with van der Waals surface area (Å²) in [7, 11) is 0. The fraction of sp³-hybridized carbons (Fsp3) is 0.450. The van der Waals surface area contributed by atoms with Crippen molar-refractivity contribution < 1.29 is 0 Å². The second kappa shape index (κ2) is 7.92. The van der Waals surface area contributed by atoms with Crippen molar-refractivity contribution in [1.29, 1.82) is 0 Å². The summed E-state index contributed by atoms with van der Waals surface area (Å²) in [6.07, 6.45) is 6.01. The highest BCUT2D eigenvalue weighted by Crippen LogP contribution is 2.26. The molecule has 7 heteroatoms. The smallest absolute Gasteiger partial charge is 0.298 e. The Kier molecular flexibility index (Phi) is 5.20. The number of aromatic amines is 1. The van der Waals surface area contributed by atoms with Crippen LogP contribution in [0.4, 0.5) is 0 Å². The lowest BCUT2D eigenvalue weighted by Crippen LogP contribution is -2.35. The Hall–Kier alpha value is -2.67. The van der Waals surface area contributed by atoms with Gasteiger partial charge >= 0.3 is 5.69 Å². The number of rotatable bonds is 6. The Labute approximate surface area is 158 Å². The van der Waals surface area contributed by atoms with E-state index in [0.29, 0.717) is 12.5 Å². The van der Waals surface area contributed by atoms with Crippen molar-refractivity contribution in [2.45, 2.75) is 45.3 Å². The summed E-state index contributed by atoms with van der Waals surface area (Å²) >= 11 is 0. The maximum absolute atomic E-state index is 11.9. The summed E-state index contributed by atoms with van der Waals surface area (Å²) in [6.45, 7) is 6.36. The molecule has 7 nitrogen and oxygen atoms in total. The zero-order chi connectivity index (χ0) is 18.6. The van der Waals surface area contributed by atoms with Crippen LogP contribution in [-0.4, -0.2) is 42.5 Å². The number of benzene rings is 1. The van der Waals surface area contributed by atoms with E-state index in [1.54, 1.807) is 4.57 Å². The standard InChI is InChI=1S/C20H26N6O/c1-2-26-19(22-23-20(26)27)18-9-5-11-24(14-18)13-16-7-3-4-8-17(16)15-25-12-6-10-21-25/h3-4,6-8,10,12,18H,2,5,9,11,13-15H2,1H3,(H,23,27). The lowest BCUT2D eigenvalue weighted by molar-refractivity contribution is 0.194. The normalized spacial score (nSPS) is 18.0. The number of aromatic nitrogens is 5. The Morgan fingerprint density at radius 2 is 2.00 bits per heavy atom. The third-order valence-electron chi connectivity index (χ3n) is 5.38. The number of likely N-dealkylation sites (tertiary alicyclic amines) is 1. The van der Waals surface area contributed by atoms with Gasteiger partial charge in [0.05, 0.1) is 6.54 Å². The van der Waals surface area contributed by atoms with E-state index >= 15 is 0 Å². The molecular weight excluding hydrogens is 340 g/mol. The maximum Gasteiger partial charge on any atom is 0.343 e. The van der Waals surface area contributed by atoms with Crippen molar-refractivity contribution in [3.63, 3.8) is 0 Å². The molecule has 3 aromatic rings. The summed E-state index contributed by atoms with van der Waals surface area (Å²) < 4.78 is 3.72. The van der Waals surface area contributed by atoms with Gasteiger partial charge in [0, 0.05) is 37.9 Å². The first-order chi connectivity index (χ1) is 13.2. The van der Waals surface area contributed by atoms with E-state index in [2.05, 4.69) is 44.5 Å². The van der Waals surface area contributed by atoms with Crippen LogP contribution in [0.5, 0.6) is 0 Å². The molecule has 0 saturated carbocycles. The minimum atomic E-state index is -0.103. The van der Waals surface area contributed by atoms with Crippen LogP contribution in [0.2, 0.25) is 0 Å². The predicted octanol–water partition coefficient (Wildman–Crippen LogP) is 2.22. The SMILES string of the molecule is CCn1c(C2CCCN(Cc3ccccc3Cn3cccn3)C2)n[nH]c1=O. The highest BCUT2D eigenvalue weighted by atomic mass is 16.1. The predicted molar refractivity (Wildman–Crippen MR) is 104 cm³/mol. The zero-order valence-electron chi connectivity index (χ0n) is 15.7. The van der Waals surface area contributed by atoms with Gasteiger partial charge in [-0.1, -0.05) is 24.3 Å². The molecule has 3 heterocycles. The van der Waals surface area contributed by atoms with Gasteiger partial charge in [-0.25, -0.2) is 9.89 Å². The van der Waals surface area contributed by atoms with Crippen molar-refractivity contribution >= 4 is 0 Å². The molecule has 1 atom stereocenters. The zero-order valence-corrected chi connectivity index (χ0v) is 15.7. The van der Waals surface area contributed by atoms with Gasteiger partial charge in [0.1, 0.15) is 5.82 Å². The number of nitrogens with zero attached hydrogens (tertiary/aromatic N) is 5. The fourth-order valence-electron chi connectivity index (χ4n) is 4.03. The number of piperidine rings is 1. The molecule has 1 aliphatic heterocycles. The van der Waals surface area contributed by atoms with E-state index in [1.165, 1.54) is 11.1 Å². The Morgan fingerprint density at radius 3 is 2.74 bits per heavy atom. The number of nitrogens with one attached hydrogen (secondary N) is 1. The first kappa shape index (κ1) is 17.7. The molecule has 1 N–H and O–H groups in total. The van der Waals surface area contributed by atoms with Gasteiger partial charge in [0.25, 0.3) is 0 Å². The molecule has 0 amide bonds. The second-order valence-corrected chi connectivity index (χ2v) is 7.18. The van der Waals surface area contributed by atoms with E-state index in [0.717, 1.165) is 44.8 Å². The summed E-state index contributed by atoms with van der Waals surface area (Å²) in [6, 6.07) is 10.5. The van der Waals surface area contributed by atoms with Crippen LogP contribution in [0.1, 0.15) is 42.6 Å². The topological polar surface area (TPSA) is 71.7 Å². The molecule has 27 heavy (non-hydrogen) atoms. The molecule has 4 rings (SSSR count). The molecule has 0 aliphatic carbocycles. The monoisotopic (exact) mass is 366 g/mol. The van der Waals surface area contributed by atoms with Gasteiger partial charge < -0.3 is 0 Å². The van der Waals surface area contributed by atoms with Gasteiger partial charge in [-0.3, -0.25) is 14.1 Å². The van der Waals surface area contributed by atoms with Crippen LogP contribution >= 0.6 is 0 Å². The van der Waals surface area contributed by atoms with Crippen molar-refractivity contribution in [3.05, 3.63) is 70.2 Å². The van der Waals surface area contributed by atoms with Gasteiger partial charge in [0.2, 0.25) is 0 Å². The first-order valence-corrected chi connectivity index (χ1v) is 9.66. The molecule has 1 aromatic carbocycles. The van der Waals surface area contributed by atoms with Crippen molar-refractivity contribution in [2.24, 2.45) is 0 Å². The van der Waals surface area contributed by atoms with Crippen LogP contribution in [0.3, 0.4) is 0 Å². The molecule has 0 spiro atoms. The number of hydrogen-bond acceptors (Lipinski definition) is 4. The Morgan fingerprint density at radius 1 is 1.19 bits per heavy atom. The van der Waals surface area contributed by atoms with Crippen molar-refractivity contribution in [3.8, 4) is 0 Å². The van der Waals surface area contributed by atoms with Crippen molar-refractivity contribution in [1.82, 2.24) is 29.4 Å². The Balaban J connectivity index is 1.49. The van der Waals surface area contributed by atoms with E-state index < -0.39 is 0 Å². The molecule has 1 unspecified atom stereocenters. The number of hydrogen-bond donors (Lipinski definition) is 1. The molecule has 2 aromatic heterocycles. The van der Waals surface area contributed by atoms with E-state index in [1.807, 2.05) is 30.1 Å². The summed E-state index contributed by atoms with van der Waals surface area (Å²) in [5.41, 5.74) is 2.53. The second-order valence-electron chi connectivity index (χ2n) is 7.18. The third-order valence-corrected chi connectivity index (χ3v) is 5.38. The lowest BCUT2D eigenvalue weighted by atomic mass is 9.96. The highest BCUT2D eigenvalue weighted by molar-refractivity contribution is 5.27. The molecule has 0 radical (unpaired) electrons. The fourth-order valence-corrected chi connectivity index (χ4v) is 4.03. The minimum Gasteiger partial charge on any atom is -0.298 e. The molecule has 1 aliphatic rings. The van der Waals surface area contributed by atoms with Crippen molar-refractivity contribution in [2.75, 3.05) is 13.1 Å². The van der Waals surface area contributed by atoms with Crippen LogP contribution in [0.25, 0.3) is 0 Å². The van der Waals surface area contributed by atoms with Crippen LogP contribution < -0.4 is 5.69 Å². The molecule has 0 bridgehead atoms. The average molecular weight is 366 g/mol. The van der Waals surface area contributed by atoms with Gasteiger partial charge in [-0.05, 0) is 43.5 Å². The molecular formula is C20H26N6O. The Bertz CT molecular complexity index is 926. The average Bonchev–Trinajstić information content (AvgIpc) is 3.33. The summed E-state index contributed by atoms with van der Waals surface area (Å²) in [5.74, 6) is 1.20. The molecule has 1 saturated heterocycles. The largest absolute Gasteiger partial charge is 0.343 e. The molecule has 142 valence electrons. The molecule has 1 fully saturated rings. The highest BCUT2D eigenvalue weighted by Gasteiger charge is 2.26. The third kappa shape index (κ3) is 3.88. The lowest BCUT2D eigenvalue weighted by Gasteiger charge is -2.32. The summed E-state index contributed by atoms with van der Waals surface area (Å²) in [5, 5.41) is 11.3. The summed E-state index contributed by atoms with van der Waals surface area (Å²) in [4.78, 5) is 14.4. The quantitative estimate of drug-likeness (QED) is 0.726. The minimum absolute atomic E-state index is 0.103. The maximum atomic E-state index is 11.9. The first-order valence-electron chi connectivity index (χ1n) is 9.66. The van der Waals surface area contributed by atoms with Gasteiger partial charge in [-0.2, -0.15) is 10.2 Å². The van der Waals surface area contributed by atoms with E-state index in [4.69, 9.17) is 0 Å². The van der Waals surface area contributed by atoms with Crippen LogP contribution in [-0.2, 0) is 19.6 Å². The van der Waals surface area contributed by atoms with E-state index in [9.17, 15) is 4.79 Å². The van der Waals surface area contributed by atoms with Gasteiger partial charge in [0.15, 0.2) is 0 Å². The number of H-pyrrole nitrogens is 1. The van der Waals surface area contributed by atoms with E-state index in [-0.39, 0.29) is 5.69 Å². The van der Waals surface area contributed by atoms with Crippen LogP contribution in [0, 0.1) is 0 Å². The van der Waals surface area contributed by atoms with Crippen LogP contribution in [0.15, 0.2) is 47.5 Å². The van der Waals surface area contributed by atoms with Gasteiger partial charge in [-0.15, -0.1) is 0 Å².